The van der Waals surface area contributed by atoms with Crippen molar-refractivity contribution in [2.24, 2.45) is 12.2 Å². The van der Waals surface area contributed by atoms with Crippen LogP contribution in [0.4, 0.5) is 17.6 Å². The summed E-state index contributed by atoms with van der Waals surface area (Å²) in [5.74, 6) is -2.49. The Balaban J connectivity index is 0.00000341. The fourth-order valence-corrected chi connectivity index (χ4v) is 3.11. The molecule has 0 radical (unpaired) electrons. The van der Waals surface area contributed by atoms with Gasteiger partial charge in [0.1, 0.15) is 11.5 Å². The van der Waals surface area contributed by atoms with Crippen LogP contribution in [0, 0.1) is 5.82 Å². The predicted molar refractivity (Wildman–Crippen MR) is 103 cm³/mol. The predicted octanol–water partition coefficient (Wildman–Crippen LogP) is 2.74. The zero-order valence-corrected chi connectivity index (χ0v) is 17.2. The first-order valence-electron chi connectivity index (χ1n) is 8.15. The maximum absolute atomic E-state index is 14.5. The molecule has 0 fully saturated rings. The van der Waals surface area contributed by atoms with Crippen molar-refractivity contribution in [3.8, 4) is 5.69 Å². The minimum atomic E-state index is -4.98. The van der Waals surface area contributed by atoms with E-state index in [0.29, 0.717) is 0 Å². The minimum absolute atomic E-state index is 0. The van der Waals surface area contributed by atoms with Crippen molar-refractivity contribution in [1.82, 2.24) is 9.13 Å². The van der Waals surface area contributed by atoms with Crippen molar-refractivity contribution in [2.45, 2.75) is 25.1 Å². The number of carboxylic acids is 1. The Morgan fingerprint density at radius 1 is 1.29 bits per heavy atom. The van der Waals surface area contributed by atoms with Gasteiger partial charge in [0.25, 0.3) is 5.56 Å². The molecule has 0 saturated heterocycles. The number of benzene rings is 1. The van der Waals surface area contributed by atoms with Crippen LogP contribution in [0.1, 0.15) is 24.6 Å². The number of aliphatic carboxylic acids is 1. The van der Waals surface area contributed by atoms with Crippen LogP contribution in [0.3, 0.4) is 0 Å². The second-order valence-electron chi connectivity index (χ2n) is 6.67. The van der Waals surface area contributed by atoms with E-state index in [1.165, 1.54) is 6.92 Å². The van der Waals surface area contributed by atoms with Crippen LogP contribution in [-0.2, 0) is 22.9 Å². The lowest BCUT2D eigenvalue weighted by atomic mass is 9.96. The number of carbonyl (C=O) groups is 1. The van der Waals surface area contributed by atoms with Crippen molar-refractivity contribution >= 4 is 35.7 Å². The number of rotatable bonds is 3. The van der Waals surface area contributed by atoms with Crippen molar-refractivity contribution in [3.63, 3.8) is 0 Å². The molecule has 2 heterocycles. The van der Waals surface area contributed by atoms with Crippen LogP contribution in [0.25, 0.3) is 5.69 Å². The van der Waals surface area contributed by atoms with Crippen molar-refractivity contribution in [2.75, 3.05) is 0 Å². The van der Waals surface area contributed by atoms with Crippen LogP contribution in [-0.4, -0.2) is 31.5 Å². The van der Waals surface area contributed by atoms with Gasteiger partial charge in [0.15, 0.2) is 0 Å². The van der Waals surface area contributed by atoms with E-state index in [1.807, 2.05) is 0 Å². The highest BCUT2D eigenvalue weighted by atomic mass is 35.5. The number of hydrogen-bond donors (Lipinski definition) is 1. The molecule has 168 valence electrons. The second-order valence-corrected chi connectivity index (χ2v) is 7.08. The Morgan fingerprint density at radius 3 is 2.42 bits per heavy atom. The van der Waals surface area contributed by atoms with Gasteiger partial charge < -0.3 is 9.94 Å². The number of oxime groups is 1. The molecule has 2 aromatic rings. The van der Waals surface area contributed by atoms with Crippen LogP contribution >= 0.6 is 24.0 Å². The van der Waals surface area contributed by atoms with E-state index in [1.54, 1.807) is 0 Å². The van der Waals surface area contributed by atoms with E-state index in [4.69, 9.17) is 16.4 Å². The molecule has 1 N–H and O–H groups in total. The summed E-state index contributed by atoms with van der Waals surface area (Å²) in [6, 6.07) is 1.81. The molecule has 0 amide bonds. The zero-order valence-electron chi connectivity index (χ0n) is 15.7. The van der Waals surface area contributed by atoms with Crippen molar-refractivity contribution in [3.05, 3.63) is 61.1 Å². The lowest BCUT2D eigenvalue weighted by molar-refractivity contribution is -0.160. The fourth-order valence-electron chi connectivity index (χ4n) is 2.85. The molecule has 0 saturated carbocycles. The van der Waals surface area contributed by atoms with Gasteiger partial charge in [0.2, 0.25) is 5.60 Å². The van der Waals surface area contributed by atoms with E-state index in [-0.39, 0.29) is 50.3 Å². The first kappa shape index (κ1) is 24.4. The van der Waals surface area contributed by atoms with E-state index >= 15 is 0 Å². The summed E-state index contributed by atoms with van der Waals surface area (Å²) in [5.41, 5.74) is -6.82. The molecule has 1 aromatic heterocycles. The Kier molecular flexibility index (Phi) is 6.30. The molecule has 1 unspecified atom stereocenters. The van der Waals surface area contributed by atoms with Crippen LogP contribution in [0.5, 0.6) is 0 Å². The van der Waals surface area contributed by atoms with Gasteiger partial charge in [0, 0.05) is 25.1 Å². The number of alkyl halides is 3. The molecule has 0 spiro atoms. The molecule has 8 nitrogen and oxygen atoms in total. The number of carboxylic acid groups (broad SMARTS) is 1. The van der Waals surface area contributed by atoms with Crippen molar-refractivity contribution < 1.29 is 32.3 Å². The third-order valence-corrected chi connectivity index (χ3v) is 4.83. The molecule has 1 atom stereocenters. The lowest BCUT2D eigenvalue weighted by Crippen LogP contribution is -2.41. The summed E-state index contributed by atoms with van der Waals surface area (Å²) in [6.07, 6.45) is -5.25. The first-order chi connectivity index (χ1) is 13.8. The molecule has 0 aliphatic carbocycles. The largest absolute Gasteiger partial charge is 0.478 e. The molecule has 1 aliphatic heterocycles. The highest BCUT2D eigenvalue weighted by Crippen LogP contribution is 2.32. The summed E-state index contributed by atoms with van der Waals surface area (Å²) in [4.78, 5) is 40.8. The summed E-state index contributed by atoms with van der Waals surface area (Å²) >= 11 is 5.99. The summed E-state index contributed by atoms with van der Waals surface area (Å²) < 4.78 is 53.9. The van der Waals surface area contributed by atoms with Crippen LogP contribution < -0.4 is 11.2 Å². The van der Waals surface area contributed by atoms with E-state index < -0.39 is 46.2 Å². The first-order valence-corrected chi connectivity index (χ1v) is 8.52. The minimum Gasteiger partial charge on any atom is -0.478 e. The maximum atomic E-state index is 14.5. The Labute approximate surface area is 181 Å². The van der Waals surface area contributed by atoms with E-state index in [0.717, 1.165) is 19.2 Å². The van der Waals surface area contributed by atoms with Gasteiger partial charge >= 0.3 is 17.8 Å². The number of halogens is 6. The molecular weight excluding hydrogens is 473 g/mol. The molecular formula is C17H13Cl2F4N3O5. The standard InChI is InChI=1S/C17H12ClF4N3O5.ClH/c1-16(14(27)28)6-10(23-30-16)7-3-11(9(19)4-8(7)18)25-13(26)5-12(17(20,21)22)24(2)15(25)29;/h3-5H,6H2,1-2H3,(H,27,28);1H. The summed E-state index contributed by atoms with van der Waals surface area (Å²) in [7, 11) is 0.781. The smallest absolute Gasteiger partial charge is 0.431 e. The highest BCUT2D eigenvalue weighted by molar-refractivity contribution is 6.34. The average molecular weight is 486 g/mol. The molecule has 31 heavy (non-hydrogen) atoms. The molecule has 1 aliphatic rings. The monoisotopic (exact) mass is 485 g/mol. The van der Waals surface area contributed by atoms with Gasteiger partial charge in [-0.2, -0.15) is 13.2 Å². The third kappa shape index (κ3) is 4.17. The van der Waals surface area contributed by atoms with E-state index in [9.17, 15) is 37.1 Å². The summed E-state index contributed by atoms with van der Waals surface area (Å²) in [6.45, 7) is 1.24. The molecule has 14 heteroatoms. The molecule has 0 bridgehead atoms. The van der Waals surface area contributed by atoms with Crippen LogP contribution in [0.15, 0.2) is 32.9 Å². The SMILES string of the molecule is Cl.Cn1c(C(F)(F)F)cc(=O)n(-c2cc(C3=NOC(C)(C(=O)O)C3)c(Cl)cc2F)c1=O. The normalized spacial score (nSPS) is 18.2. The lowest BCUT2D eigenvalue weighted by Gasteiger charge is -2.16. The van der Waals surface area contributed by atoms with Crippen LogP contribution in [0.2, 0.25) is 5.02 Å². The second kappa shape index (κ2) is 8.00. The summed E-state index contributed by atoms with van der Waals surface area (Å²) in [5, 5.41) is 12.6. The zero-order chi connectivity index (χ0) is 22.6. The Bertz CT molecular complexity index is 1220. The third-order valence-electron chi connectivity index (χ3n) is 4.51. The Hall–Kier alpha value is -2.86. The van der Waals surface area contributed by atoms with Gasteiger partial charge in [0.05, 0.1) is 16.4 Å². The maximum Gasteiger partial charge on any atom is 0.431 e. The topological polar surface area (TPSA) is 103 Å². The van der Waals surface area contributed by atoms with Gasteiger partial charge in [-0.1, -0.05) is 16.8 Å². The van der Waals surface area contributed by atoms with Gasteiger partial charge in [-0.25, -0.2) is 18.5 Å². The van der Waals surface area contributed by atoms with Gasteiger partial charge in [-0.15, -0.1) is 12.4 Å². The quantitative estimate of drug-likeness (QED) is 0.673. The Morgan fingerprint density at radius 2 is 1.90 bits per heavy atom. The van der Waals surface area contributed by atoms with E-state index in [2.05, 4.69) is 5.16 Å². The van der Waals surface area contributed by atoms with Crippen molar-refractivity contribution in [1.29, 1.82) is 0 Å². The highest BCUT2D eigenvalue weighted by Gasteiger charge is 2.43. The van der Waals surface area contributed by atoms with Gasteiger partial charge in [-0.05, 0) is 19.1 Å². The number of hydrogen-bond acceptors (Lipinski definition) is 5. The molecule has 1 aromatic carbocycles. The number of nitrogens with zero attached hydrogens (tertiary/aromatic N) is 3. The average Bonchev–Trinajstić information content (AvgIpc) is 3.02. The fraction of sp³-hybridized carbons (Fsp3) is 0.294. The van der Waals surface area contributed by atoms with Gasteiger partial charge in [-0.3, -0.25) is 9.36 Å². The number of aromatic nitrogens is 2. The molecule has 3 rings (SSSR count).